The molecule has 3 rings (SSSR count). The second kappa shape index (κ2) is 3.95. The van der Waals surface area contributed by atoms with Crippen molar-refractivity contribution in [2.45, 2.75) is 25.6 Å². The van der Waals surface area contributed by atoms with Crippen molar-refractivity contribution >= 4 is 0 Å². The second-order valence-electron chi connectivity index (χ2n) is 4.48. The SMILES string of the molecule is c1ccc2c(c1)COC2CCN1CCC1. The molecule has 0 saturated carbocycles. The molecule has 1 aromatic carbocycles. The van der Waals surface area contributed by atoms with E-state index in [4.69, 9.17) is 4.74 Å². The van der Waals surface area contributed by atoms with Crippen LogP contribution >= 0.6 is 0 Å². The van der Waals surface area contributed by atoms with Crippen LogP contribution in [0.25, 0.3) is 0 Å². The summed E-state index contributed by atoms with van der Waals surface area (Å²) in [7, 11) is 0. The van der Waals surface area contributed by atoms with E-state index >= 15 is 0 Å². The maximum absolute atomic E-state index is 5.82. The smallest absolute Gasteiger partial charge is 0.0845 e. The van der Waals surface area contributed by atoms with Gasteiger partial charge in [0.05, 0.1) is 12.7 Å². The van der Waals surface area contributed by atoms with Gasteiger partial charge >= 0.3 is 0 Å². The summed E-state index contributed by atoms with van der Waals surface area (Å²) in [6, 6.07) is 8.60. The van der Waals surface area contributed by atoms with E-state index in [2.05, 4.69) is 29.2 Å². The van der Waals surface area contributed by atoms with Crippen LogP contribution < -0.4 is 0 Å². The van der Waals surface area contributed by atoms with Crippen LogP contribution in [0.2, 0.25) is 0 Å². The summed E-state index contributed by atoms with van der Waals surface area (Å²) in [5, 5.41) is 0. The molecular formula is C13H17NO. The van der Waals surface area contributed by atoms with Gasteiger partial charge in [0.1, 0.15) is 0 Å². The van der Waals surface area contributed by atoms with Crippen LogP contribution in [0.5, 0.6) is 0 Å². The molecule has 2 aliphatic heterocycles. The predicted molar refractivity (Wildman–Crippen MR) is 59.6 cm³/mol. The lowest BCUT2D eigenvalue weighted by molar-refractivity contribution is 0.0450. The highest BCUT2D eigenvalue weighted by molar-refractivity contribution is 5.31. The number of benzene rings is 1. The highest BCUT2D eigenvalue weighted by Crippen LogP contribution is 2.32. The molecule has 15 heavy (non-hydrogen) atoms. The molecule has 2 aliphatic rings. The molecule has 0 amide bonds. The van der Waals surface area contributed by atoms with Gasteiger partial charge in [-0.05, 0) is 37.1 Å². The lowest BCUT2D eigenvalue weighted by Gasteiger charge is -2.31. The van der Waals surface area contributed by atoms with Crippen molar-refractivity contribution in [1.82, 2.24) is 4.90 Å². The minimum atomic E-state index is 0.349. The first-order valence-corrected chi connectivity index (χ1v) is 5.85. The normalized spacial score (nSPS) is 24.9. The number of fused-ring (bicyclic) bond motifs is 1. The summed E-state index contributed by atoms with van der Waals surface area (Å²) < 4.78 is 5.82. The number of hydrogen-bond acceptors (Lipinski definition) is 2. The lowest BCUT2D eigenvalue weighted by atomic mass is 10.0. The van der Waals surface area contributed by atoms with Gasteiger partial charge in [-0.25, -0.2) is 0 Å². The monoisotopic (exact) mass is 203 g/mol. The first-order valence-electron chi connectivity index (χ1n) is 5.85. The predicted octanol–water partition coefficient (Wildman–Crippen LogP) is 2.35. The number of ether oxygens (including phenoxy) is 1. The van der Waals surface area contributed by atoms with Crippen LogP contribution in [0.1, 0.15) is 30.1 Å². The molecule has 0 radical (unpaired) electrons. The first-order chi connectivity index (χ1) is 7.43. The van der Waals surface area contributed by atoms with Gasteiger partial charge in [-0.2, -0.15) is 0 Å². The van der Waals surface area contributed by atoms with E-state index in [1.807, 2.05) is 0 Å². The number of nitrogens with zero attached hydrogens (tertiary/aromatic N) is 1. The maximum atomic E-state index is 5.82. The zero-order chi connectivity index (χ0) is 10.1. The zero-order valence-electron chi connectivity index (χ0n) is 8.98. The maximum Gasteiger partial charge on any atom is 0.0845 e. The summed E-state index contributed by atoms with van der Waals surface area (Å²) in [6.07, 6.45) is 2.88. The quantitative estimate of drug-likeness (QED) is 0.747. The van der Waals surface area contributed by atoms with Gasteiger partial charge in [0.2, 0.25) is 0 Å². The Kier molecular flexibility index (Phi) is 2.47. The van der Waals surface area contributed by atoms with Crippen molar-refractivity contribution in [3.05, 3.63) is 35.4 Å². The molecule has 2 heteroatoms. The van der Waals surface area contributed by atoms with Gasteiger partial charge in [0.15, 0.2) is 0 Å². The Balaban J connectivity index is 1.63. The highest BCUT2D eigenvalue weighted by atomic mass is 16.5. The minimum Gasteiger partial charge on any atom is -0.369 e. The molecule has 1 unspecified atom stereocenters. The molecule has 2 heterocycles. The van der Waals surface area contributed by atoms with E-state index in [9.17, 15) is 0 Å². The van der Waals surface area contributed by atoms with Crippen LogP contribution in [-0.4, -0.2) is 24.5 Å². The van der Waals surface area contributed by atoms with Gasteiger partial charge in [0.25, 0.3) is 0 Å². The molecule has 1 aromatic rings. The van der Waals surface area contributed by atoms with Crippen LogP contribution in [0, 0.1) is 0 Å². The number of likely N-dealkylation sites (tertiary alicyclic amines) is 1. The molecule has 0 N–H and O–H groups in total. The van der Waals surface area contributed by atoms with Gasteiger partial charge in [0, 0.05) is 6.54 Å². The standard InChI is InChI=1S/C13H17NO/c1-2-5-12-11(4-1)10-15-13(12)6-9-14-7-3-8-14/h1-2,4-5,13H,3,6-10H2. The van der Waals surface area contributed by atoms with Crippen molar-refractivity contribution in [2.75, 3.05) is 19.6 Å². The summed E-state index contributed by atoms with van der Waals surface area (Å²) in [5.74, 6) is 0. The molecule has 1 fully saturated rings. The Hall–Kier alpha value is -0.860. The summed E-state index contributed by atoms with van der Waals surface area (Å²) in [6.45, 7) is 4.57. The van der Waals surface area contributed by atoms with Crippen LogP contribution in [0.3, 0.4) is 0 Å². The Morgan fingerprint density at radius 1 is 1.27 bits per heavy atom. The van der Waals surface area contributed by atoms with Gasteiger partial charge in [-0.3, -0.25) is 0 Å². The van der Waals surface area contributed by atoms with Crippen molar-refractivity contribution in [3.8, 4) is 0 Å². The minimum absolute atomic E-state index is 0.349. The van der Waals surface area contributed by atoms with Crippen LogP contribution in [0.15, 0.2) is 24.3 Å². The van der Waals surface area contributed by atoms with Gasteiger partial charge in [-0.1, -0.05) is 24.3 Å². The summed E-state index contributed by atoms with van der Waals surface area (Å²) in [4.78, 5) is 2.50. The highest BCUT2D eigenvalue weighted by Gasteiger charge is 2.24. The fraction of sp³-hybridized carbons (Fsp3) is 0.538. The topological polar surface area (TPSA) is 12.5 Å². The molecule has 2 nitrogen and oxygen atoms in total. The summed E-state index contributed by atoms with van der Waals surface area (Å²) >= 11 is 0. The third-order valence-corrected chi connectivity index (χ3v) is 3.50. The van der Waals surface area contributed by atoms with Crippen molar-refractivity contribution < 1.29 is 4.74 Å². The van der Waals surface area contributed by atoms with E-state index in [0.717, 1.165) is 13.0 Å². The van der Waals surface area contributed by atoms with E-state index < -0.39 is 0 Å². The molecule has 1 atom stereocenters. The van der Waals surface area contributed by atoms with E-state index in [1.165, 1.54) is 37.2 Å². The van der Waals surface area contributed by atoms with Crippen molar-refractivity contribution in [1.29, 1.82) is 0 Å². The van der Waals surface area contributed by atoms with Gasteiger partial charge in [-0.15, -0.1) is 0 Å². The zero-order valence-corrected chi connectivity index (χ0v) is 8.98. The molecule has 0 bridgehead atoms. The fourth-order valence-corrected chi connectivity index (χ4v) is 2.40. The Morgan fingerprint density at radius 2 is 2.13 bits per heavy atom. The van der Waals surface area contributed by atoms with Crippen molar-refractivity contribution in [2.24, 2.45) is 0 Å². The van der Waals surface area contributed by atoms with Crippen LogP contribution in [0.4, 0.5) is 0 Å². The van der Waals surface area contributed by atoms with E-state index in [0.29, 0.717) is 6.10 Å². The molecule has 0 spiro atoms. The third kappa shape index (κ3) is 1.80. The van der Waals surface area contributed by atoms with E-state index in [-0.39, 0.29) is 0 Å². The molecule has 80 valence electrons. The molecule has 0 aromatic heterocycles. The van der Waals surface area contributed by atoms with E-state index in [1.54, 1.807) is 0 Å². The Labute approximate surface area is 90.8 Å². The first kappa shape index (κ1) is 9.37. The Morgan fingerprint density at radius 3 is 2.93 bits per heavy atom. The second-order valence-corrected chi connectivity index (χ2v) is 4.48. The van der Waals surface area contributed by atoms with Gasteiger partial charge < -0.3 is 9.64 Å². The fourth-order valence-electron chi connectivity index (χ4n) is 2.40. The van der Waals surface area contributed by atoms with Crippen molar-refractivity contribution in [3.63, 3.8) is 0 Å². The third-order valence-electron chi connectivity index (χ3n) is 3.50. The molecular weight excluding hydrogens is 186 g/mol. The number of rotatable bonds is 3. The molecule has 1 saturated heterocycles. The Bertz CT molecular complexity index is 346. The largest absolute Gasteiger partial charge is 0.369 e. The average molecular weight is 203 g/mol. The summed E-state index contributed by atoms with van der Waals surface area (Å²) in [5.41, 5.74) is 2.80. The lowest BCUT2D eigenvalue weighted by Crippen LogP contribution is -2.38. The average Bonchev–Trinajstić information content (AvgIpc) is 2.60. The number of hydrogen-bond donors (Lipinski definition) is 0. The van der Waals surface area contributed by atoms with Crippen LogP contribution in [-0.2, 0) is 11.3 Å². The molecule has 0 aliphatic carbocycles.